The van der Waals surface area contributed by atoms with Gasteiger partial charge in [-0.25, -0.2) is 9.18 Å². The van der Waals surface area contributed by atoms with Gasteiger partial charge in [-0.2, -0.15) is 0 Å². The summed E-state index contributed by atoms with van der Waals surface area (Å²) >= 11 is 0. The van der Waals surface area contributed by atoms with Gasteiger partial charge in [0.05, 0.1) is 13.7 Å². The highest BCUT2D eigenvalue weighted by molar-refractivity contribution is 6.03. The van der Waals surface area contributed by atoms with Crippen molar-refractivity contribution < 1.29 is 23.5 Å². The lowest BCUT2D eigenvalue weighted by Crippen LogP contribution is -2.45. The van der Waals surface area contributed by atoms with Crippen molar-refractivity contribution in [3.63, 3.8) is 0 Å². The highest BCUT2D eigenvalue weighted by Crippen LogP contribution is 2.25. The Balaban J connectivity index is 3.04. The van der Waals surface area contributed by atoms with Crippen LogP contribution >= 0.6 is 0 Å². The number of esters is 1. The second-order valence-corrected chi connectivity index (χ2v) is 5.63. The van der Waals surface area contributed by atoms with Gasteiger partial charge < -0.3 is 20.5 Å². The zero-order chi connectivity index (χ0) is 17.6. The minimum Gasteiger partial charge on any atom is -0.496 e. The van der Waals surface area contributed by atoms with Gasteiger partial charge in [-0.1, -0.05) is 6.07 Å². The zero-order valence-corrected chi connectivity index (χ0v) is 13.8. The van der Waals surface area contributed by atoms with E-state index < -0.39 is 23.6 Å². The average molecular weight is 326 g/mol. The second-order valence-electron chi connectivity index (χ2n) is 5.63. The van der Waals surface area contributed by atoms with Gasteiger partial charge >= 0.3 is 5.97 Å². The molecule has 0 aromatic heterocycles. The number of hydrogen-bond acceptors (Lipinski definition) is 5. The van der Waals surface area contributed by atoms with Crippen LogP contribution < -0.4 is 15.8 Å². The fraction of sp³-hybridized carbons (Fsp3) is 0.500. The Bertz CT molecular complexity index is 570. The lowest BCUT2D eigenvalue weighted by atomic mass is 10.00. The number of halogens is 1. The zero-order valence-electron chi connectivity index (χ0n) is 13.8. The molecule has 3 N–H and O–H groups in total. The topological polar surface area (TPSA) is 90.7 Å². The molecule has 0 aliphatic rings. The number of nitrogen functional groups attached to an aromatic ring is 1. The monoisotopic (exact) mass is 326 g/mol. The van der Waals surface area contributed by atoms with E-state index in [4.69, 9.17) is 15.2 Å². The van der Waals surface area contributed by atoms with E-state index in [0.717, 1.165) is 0 Å². The Morgan fingerprint density at radius 3 is 2.57 bits per heavy atom. The predicted octanol–water partition coefficient (Wildman–Crippen LogP) is 2.08. The van der Waals surface area contributed by atoms with Gasteiger partial charge in [0.1, 0.15) is 23.0 Å². The van der Waals surface area contributed by atoms with Gasteiger partial charge in [-0.15, -0.1) is 0 Å². The number of carbonyl (C=O) groups excluding carboxylic acids is 2. The Morgan fingerprint density at radius 2 is 2.04 bits per heavy atom. The molecule has 1 amide bonds. The van der Waals surface area contributed by atoms with E-state index >= 15 is 0 Å². The molecule has 0 saturated carbocycles. The predicted molar refractivity (Wildman–Crippen MR) is 85.1 cm³/mol. The van der Waals surface area contributed by atoms with Crippen LogP contribution in [0.3, 0.4) is 0 Å². The van der Waals surface area contributed by atoms with Crippen LogP contribution in [0.5, 0.6) is 5.75 Å². The molecular weight excluding hydrogens is 303 g/mol. The second kappa shape index (κ2) is 7.80. The SMILES string of the molecule is CCOC(=O)C(CC(C)(C)F)NC(=O)c1c(N)cccc1OC. The Hall–Kier alpha value is -2.31. The fourth-order valence-electron chi connectivity index (χ4n) is 2.11. The number of nitrogens with two attached hydrogens (primary N) is 1. The van der Waals surface area contributed by atoms with E-state index in [1.54, 1.807) is 19.1 Å². The molecule has 0 bridgehead atoms. The van der Waals surface area contributed by atoms with Gasteiger partial charge in [-0.3, -0.25) is 4.79 Å². The number of methoxy groups -OCH3 is 1. The minimum atomic E-state index is -1.66. The number of hydrogen-bond donors (Lipinski definition) is 2. The summed E-state index contributed by atoms with van der Waals surface area (Å²) in [5.41, 5.74) is 4.45. The first kappa shape index (κ1) is 18.7. The molecule has 23 heavy (non-hydrogen) atoms. The number of nitrogens with one attached hydrogen (secondary N) is 1. The third-order valence-corrected chi connectivity index (χ3v) is 3.07. The van der Waals surface area contributed by atoms with Crippen molar-refractivity contribution >= 4 is 17.6 Å². The van der Waals surface area contributed by atoms with E-state index in [0.29, 0.717) is 0 Å². The first-order valence-corrected chi connectivity index (χ1v) is 7.28. The van der Waals surface area contributed by atoms with Crippen LogP contribution in [0.15, 0.2) is 18.2 Å². The van der Waals surface area contributed by atoms with Crippen LogP contribution in [-0.2, 0) is 9.53 Å². The van der Waals surface area contributed by atoms with Gasteiger partial charge in [0.25, 0.3) is 5.91 Å². The van der Waals surface area contributed by atoms with Crippen LogP contribution in [0.25, 0.3) is 0 Å². The number of carbonyl (C=O) groups is 2. The summed E-state index contributed by atoms with van der Waals surface area (Å²) in [6.07, 6.45) is -0.216. The van der Waals surface area contributed by atoms with Gasteiger partial charge in [-0.05, 0) is 32.9 Å². The molecule has 6 nitrogen and oxygen atoms in total. The molecule has 7 heteroatoms. The van der Waals surface area contributed by atoms with Gasteiger partial charge in [0, 0.05) is 12.1 Å². The molecule has 0 heterocycles. The maximum absolute atomic E-state index is 13.9. The van der Waals surface area contributed by atoms with Crippen molar-refractivity contribution in [2.45, 2.75) is 38.9 Å². The first-order chi connectivity index (χ1) is 10.7. The van der Waals surface area contributed by atoms with Crippen molar-refractivity contribution in [2.75, 3.05) is 19.5 Å². The molecule has 0 fully saturated rings. The summed E-state index contributed by atoms with van der Waals surface area (Å²) < 4.78 is 23.9. The van der Waals surface area contributed by atoms with Crippen LogP contribution in [0.1, 0.15) is 37.6 Å². The number of alkyl halides is 1. The van der Waals surface area contributed by atoms with Crippen molar-refractivity contribution in [3.05, 3.63) is 23.8 Å². The maximum Gasteiger partial charge on any atom is 0.328 e. The Labute approximate surface area is 135 Å². The Morgan fingerprint density at radius 1 is 1.39 bits per heavy atom. The van der Waals surface area contributed by atoms with E-state index in [2.05, 4.69) is 5.32 Å². The summed E-state index contributed by atoms with van der Waals surface area (Å²) in [5.74, 6) is -1.05. The smallest absolute Gasteiger partial charge is 0.328 e. The molecule has 1 unspecified atom stereocenters. The Kier molecular flexibility index (Phi) is 6.36. The van der Waals surface area contributed by atoms with E-state index in [-0.39, 0.29) is 30.0 Å². The largest absolute Gasteiger partial charge is 0.496 e. The molecule has 0 aliphatic carbocycles. The standard InChI is InChI=1S/C16H23FN2O4/c1-5-23-15(21)11(9-16(2,3)17)19-14(20)13-10(18)7-6-8-12(13)22-4/h6-8,11H,5,9,18H2,1-4H3,(H,19,20). The summed E-state index contributed by atoms with van der Waals surface area (Å²) in [6.45, 7) is 4.41. The number of amides is 1. The van der Waals surface area contributed by atoms with Crippen molar-refractivity contribution in [1.82, 2.24) is 5.32 Å². The van der Waals surface area contributed by atoms with E-state index in [9.17, 15) is 14.0 Å². The number of rotatable bonds is 7. The third-order valence-electron chi connectivity index (χ3n) is 3.07. The molecule has 0 aliphatic heterocycles. The van der Waals surface area contributed by atoms with Crippen molar-refractivity contribution in [3.8, 4) is 5.75 Å². The molecule has 1 aromatic rings. The van der Waals surface area contributed by atoms with Crippen LogP contribution in [0.2, 0.25) is 0 Å². The highest BCUT2D eigenvalue weighted by atomic mass is 19.1. The molecule has 0 saturated heterocycles. The molecule has 0 radical (unpaired) electrons. The number of benzene rings is 1. The lowest BCUT2D eigenvalue weighted by Gasteiger charge is -2.23. The van der Waals surface area contributed by atoms with Crippen LogP contribution in [-0.4, -0.2) is 37.3 Å². The maximum atomic E-state index is 13.9. The third kappa shape index (κ3) is 5.43. The lowest BCUT2D eigenvalue weighted by molar-refractivity contribution is -0.146. The molecular formula is C16H23FN2O4. The fourth-order valence-corrected chi connectivity index (χ4v) is 2.11. The molecule has 1 rings (SSSR count). The van der Waals surface area contributed by atoms with Crippen LogP contribution in [0, 0.1) is 0 Å². The molecule has 1 atom stereocenters. The van der Waals surface area contributed by atoms with E-state index in [1.807, 2.05) is 0 Å². The minimum absolute atomic E-state index is 0.0981. The molecule has 1 aromatic carbocycles. The van der Waals surface area contributed by atoms with Gasteiger partial charge in [0.15, 0.2) is 0 Å². The quantitative estimate of drug-likeness (QED) is 0.591. The van der Waals surface area contributed by atoms with Gasteiger partial charge in [0.2, 0.25) is 0 Å². The summed E-state index contributed by atoms with van der Waals surface area (Å²) in [6, 6.07) is 3.63. The number of anilines is 1. The van der Waals surface area contributed by atoms with Crippen molar-refractivity contribution in [2.24, 2.45) is 0 Å². The summed E-state index contributed by atoms with van der Waals surface area (Å²) in [4.78, 5) is 24.4. The highest BCUT2D eigenvalue weighted by Gasteiger charge is 2.31. The normalized spacial score (nSPS) is 12.4. The first-order valence-electron chi connectivity index (χ1n) is 7.28. The summed E-state index contributed by atoms with van der Waals surface area (Å²) in [7, 11) is 1.40. The van der Waals surface area contributed by atoms with Crippen molar-refractivity contribution in [1.29, 1.82) is 0 Å². The summed E-state index contributed by atoms with van der Waals surface area (Å²) in [5, 5.41) is 2.48. The molecule has 128 valence electrons. The molecule has 0 spiro atoms. The average Bonchev–Trinajstić information content (AvgIpc) is 2.44. The van der Waals surface area contributed by atoms with Crippen LogP contribution in [0.4, 0.5) is 10.1 Å². The number of ether oxygens (including phenoxy) is 2. The van der Waals surface area contributed by atoms with E-state index in [1.165, 1.54) is 27.0 Å².